The third-order valence-electron chi connectivity index (χ3n) is 5.47. The highest BCUT2D eigenvalue weighted by molar-refractivity contribution is 7.14. The summed E-state index contributed by atoms with van der Waals surface area (Å²) in [4.78, 5) is 31.3. The summed E-state index contributed by atoms with van der Waals surface area (Å²) in [7, 11) is 0. The van der Waals surface area contributed by atoms with Gasteiger partial charge in [-0.1, -0.05) is 19.1 Å². The van der Waals surface area contributed by atoms with Gasteiger partial charge in [0.05, 0.1) is 5.69 Å². The number of nitrogens with zero attached hydrogens (tertiary/aromatic N) is 2. The van der Waals surface area contributed by atoms with E-state index in [1.807, 2.05) is 12.3 Å². The quantitative estimate of drug-likeness (QED) is 0.848. The fourth-order valence-electron chi connectivity index (χ4n) is 4.08. The summed E-state index contributed by atoms with van der Waals surface area (Å²) in [5.74, 6) is -0.0417. The van der Waals surface area contributed by atoms with E-state index in [1.54, 1.807) is 4.90 Å². The number of carbonyl (C=O) groups is 2. The lowest BCUT2D eigenvalue weighted by atomic mass is 10.1. The smallest absolute Gasteiger partial charge is 0.248 e. The number of aromatic nitrogens is 1. The van der Waals surface area contributed by atoms with Crippen molar-refractivity contribution >= 4 is 28.3 Å². The molecule has 1 fully saturated rings. The molecule has 1 atom stereocenters. The van der Waals surface area contributed by atoms with E-state index < -0.39 is 0 Å². The molecule has 1 N–H and O–H groups in total. The van der Waals surface area contributed by atoms with E-state index in [9.17, 15) is 9.59 Å². The van der Waals surface area contributed by atoms with E-state index >= 15 is 0 Å². The van der Waals surface area contributed by atoms with Crippen molar-refractivity contribution < 1.29 is 9.59 Å². The molecule has 2 aromatic rings. The maximum absolute atomic E-state index is 12.7. The van der Waals surface area contributed by atoms with Gasteiger partial charge in [-0.05, 0) is 55.7 Å². The maximum Gasteiger partial charge on any atom is 0.248 e. The number of likely N-dealkylation sites (tertiary alicyclic amines) is 1. The summed E-state index contributed by atoms with van der Waals surface area (Å²) < 4.78 is 0. The highest BCUT2D eigenvalue weighted by Gasteiger charge is 2.33. The molecule has 6 heteroatoms. The van der Waals surface area contributed by atoms with Crippen molar-refractivity contribution in [2.45, 2.75) is 57.9 Å². The van der Waals surface area contributed by atoms with Crippen LogP contribution in [0.4, 0.5) is 5.13 Å². The average Bonchev–Trinajstić information content (AvgIpc) is 3.41. The van der Waals surface area contributed by atoms with Gasteiger partial charge >= 0.3 is 0 Å². The first-order valence-electron chi connectivity index (χ1n) is 9.83. The number of carbonyl (C=O) groups excluding carboxylic acids is 2. The van der Waals surface area contributed by atoms with Crippen LogP contribution in [-0.2, 0) is 22.4 Å². The van der Waals surface area contributed by atoms with Crippen LogP contribution in [0.15, 0.2) is 23.6 Å². The van der Waals surface area contributed by atoms with E-state index in [-0.39, 0.29) is 17.9 Å². The zero-order chi connectivity index (χ0) is 18.8. The fourth-order valence-corrected chi connectivity index (χ4v) is 4.80. The summed E-state index contributed by atoms with van der Waals surface area (Å²) in [5, 5.41) is 5.52. The Labute approximate surface area is 163 Å². The number of thiazole rings is 1. The van der Waals surface area contributed by atoms with Gasteiger partial charge in [-0.2, -0.15) is 0 Å². The van der Waals surface area contributed by atoms with Crippen LogP contribution in [0, 0.1) is 0 Å². The van der Waals surface area contributed by atoms with E-state index in [1.165, 1.54) is 35.3 Å². The van der Waals surface area contributed by atoms with Gasteiger partial charge in [0.25, 0.3) is 0 Å². The van der Waals surface area contributed by atoms with Crippen LogP contribution in [0.2, 0.25) is 0 Å². The summed E-state index contributed by atoms with van der Waals surface area (Å²) in [6.07, 6.45) is 6.45. The zero-order valence-electron chi connectivity index (χ0n) is 15.7. The molecule has 27 heavy (non-hydrogen) atoms. The van der Waals surface area contributed by atoms with Crippen LogP contribution in [0.5, 0.6) is 0 Å². The van der Waals surface area contributed by atoms with Crippen LogP contribution in [0.3, 0.4) is 0 Å². The van der Waals surface area contributed by atoms with E-state index in [4.69, 9.17) is 0 Å². The first-order valence-corrected chi connectivity index (χ1v) is 10.7. The normalized spacial score (nSPS) is 18.6. The minimum absolute atomic E-state index is 0.0770. The van der Waals surface area contributed by atoms with Crippen molar-refractivity contribution in [1.82, 2.24) is 9.88 Å². The lowest BCUT2D eigenvalue weighted by Crippen LogP contribution is -2.43. The molecule has 142 valence electrons. The first kappa shape index (κ1) is 18.2. The summed E-state index contributed by atoms with van der Waals surface area (Å²) in [6, 6.07) is 6.18. The number of amides is 2. The van der Waals surface area contributed by atoms with Crippen molar-refractivity contribution in [2.24, 2.45) is 0 Å². The van der Waals surface area contributed by atoms with Crippen LogP contribution in [-0.4, -0.2) is 34.3 Å². The molecule has 5 nitrogen and oxygen atoms in total. The minimum atomic E-state index is -0.364. The SMILES string of the molecule is CCCC(=O)N1CCCC1C(=O)Nc1nc(-c2ccc3c(c2)CCC3)cs1. The molecule has 0 spiro atoms. The zero-order valence-corrected chi connectivity index (χ0v) is 16.5. The van der Waals surface area contributed by atoms with Crippen molar-refractivity contribution in [3.63, 3.8) is 0 Å². The van der Waals surface area contributed by atoms with Gasteiger partial charge in [0.15, 0.2) is 5.13 Å². The second kappa shape index (κ2) is 7.80. The topological polar surface area (TPSA) is 62.3 Å². The van der Waals surface area contributed by atoms with Gasteiger partial charge in [-0.25, -0.2) is 4.98 Å². The largest absolute Gasteiger partial charge is 0.331 e. The number of anilines is 1. The number of hydrogen-bond donors (Lipinski definition) is 1. The molecule has 1 aromatic heterocycles. The van der Waals surface area contributed by atoms with E-state index in [2.05, 4.69) is 28.5 Å². The second-order valence-electron chi connectivity index (χ2n) is 7.36. The highest BCUT2D eigenvalue weighted by Crippen LogP contribution is 2.30. The molecule has 0 saturated carbocycles. The van der Waals surface area contributed by atoms with Crippen molar-refractivity contribution in [1.29, 1.82) is 0 Å². The Morgan fingerprint density at radius 3 is 2.96 bits per heavy atom. The Balaban J connectivity index is 1.44. The van der Waals surface area contributed by atoms with Gasteiger partial charge in [-0.3, -0.25) is 9.59 Å². The number of hydrogen-bond acceptors (Lipinski definition) is 4. The fraction of sp³-hybridized carbons (Fsp3) is 0.476. The predicted octanol–water partition coefficient (Wildman–Crippen LogP) is 4.03. The molecule has 1 unspecified atom stereocenters. The third kappa shape index (κ3) is 3.76. The molecule has 1 aliphatic heterocycles. The van der Waals surface area contributed by atoms with Gasteiger partial charge < -0.3 is 10.2 Å². The van der Waals surface area contributed by atoms with E-state index in [0.717, 1.165) is 36.9 Å². The highest BCUT2D eigenvalue weighted by atomic mass is 32.1. The van der Waals surface area contributed by atoms with Gasteiger partial charge in [0.1, 0.15) is 6.04 Å². The molecule has 0 radical (unpaired) electrons. The Hall–Kier alpha value is -2.21. The molecule has 1 aromatic carbocycles. The molecule has 2 aliphatic rings. The minimum Gasteiger partial charge on any atom is -0.331 e. The molecule has 2 amide bonds. The Bertz CT molecular complexity index is 861. The Morgan fingerprint density at radius 1 is 1.26 bits per heavy atom. The van der Waals surface area contributed by atoms with Crippen LogP contribution >= 0.6 is 11.3 Å². The number of rotatable bonds is 5. The molecule has 1 saturated heterocycles. The number of aryl methyl sites for hydroxylation is 2. The molecule has 0 bridgehead atoms. The van der Waals surface area contributed by atoms with Crippen molar-refractivity contribution in [2.75, 3.05) is 11.9 Å². The van der Waals surface area contributed by atoms with Gasteiger partial charge in [0.2, 0.25) is 11.8 Å². The van der Waals surface area contributed by atoms with Crippen LogP contribution in [0.1, 0.15) is 50.2 Å². The summed E-state index contributed by atoms with van der Waals surface area (Å²) in [5.41, 5.74) is 4.87. The molecule has 1 aliphatic carbocycles. The molecule has 4 rings (SSSR count). The van der Waals surface area contributed by atoms with Gasteiger partial charge in [-0.15, -0.1) is 11.3 Å². The number of nitrogens with one attached hydrogen (secondary N) is 1. The van der Waals surface area contributed by atoms with E-state index in [0.29, 0.717) is 18.1 Å². The monoisotopic (exact) mass is 383 g/mol. The Morgan fingerprint density at radius 2 is 2.11 bits per heavy atom. The van der Waals surface area contributed by atoms with Gasteiger partial charge in [0, 0.05) is 23.9 Å². The van der Waals surface area contributed by atoms with Crippen molar-refractivity contribution in [3.8, 4) is 11.3 Å². The summed E-state index contributed by atoms with van der Waals surface area (Å²) >= 11 is 1.44. The summed E-state index contributed by atoms with van der Waals surface area (Å²) in [6.45, 7) is 2.66. The Kier molecular flexibility index (Phi) is 5.25. The lowest BCUT2D eigenvalue weighted by molar-refractivity contribution is -0.136. The molecular weight excluding hydrogens is 358 g/mol. The maximum atomic E-state index is 12.7. The molecular formula is C21H25N3O2S. The van der Waals surface area contributed by atoms with Crippen LogP contribution in [0.25, 0.3) is 11.3 Å². The standard InChI is InChI=1S/C21H25N3O2S/c1-2-5-19(25)24-11-4-8-18(24)20(26)23-21-22-17(13-27-21)16-10-9-14-6-3-7-15(14)12-16/h9-10,12-13,18H,2-8,11H2,1H3,(H,22,23,26). The molecule has 2 heterocycles. The van der Waals surface area contributed by atoms with Crippen LogP contribution < -0.4 is 5.32 Å². The number of benzene rings is 1. The average molecular weight is 384 g/mol. The second-order valence-corrected chi connectivity index (χ2v) is 8.22. The first-order chi connectivity index (χ1) is 13.2. The number of fused-ring (bicyclic) bond motifs is 1. The third-order valence-corrected chi connectivity index (χ3v) is 6.23. The predicted molar refractivity (Wildman–Crippen MR) is 108 cm³/mol. The van der Waals surface area contributed by atoms with Crippen molar-refractivity contribution in [3.05, 3.63) is 34.7 Å². The lowest BCUT2D eigenvalue weighted by Gasteiger charge is -2.23.